The number of hydrogen-bond acceptors (Lipinski definition) is 1. The molecule has 0 unspecified atom stereocenters. The van der Waals surface area contributed by atoms with E-state index in [9.17, 15) is 0 Å². The molecule has 0 bridgehead atoms. The van der Waals surface area contributed by atoms with Gasteiger partial charge in [0.2, 0.25) is 0 Å². The van der Waals surface area contributed by atoms with Crippen molar-refractivity contribution < 1.29 is 32.7 Å². The van der Waals surface area contributed by atoms with Crippen LogP contribution in [0.5, 0.6) is 0 Å². The molecule has 2 fully saturated rings. The summed E-state index contributed by atoms with van der Waals surface area (Å²) >= 11 is 0. The van der Waals surface area contributed by atoms with Crippen LogP contribution in [0.15, 0.2) is 0 Å². The maximum Gasteiger partial charge on any atom is 0.0133 e. The maximum absolute atomic E-state index is 3.65. The molecule has 2 aliphatic rings. The molecule has 0 aromatic carbocycles. The second kappa shape index (κ2) is 4.34. The molecule has 0 atom stereocenters. The molecule has 1 saturated carbocycles. The summed E-state index contributed by atoms with van der Waals surface area (Å²) in [6, 6.07) is 0. The molecular formula is C9H16NY-. The van der Waals surface area contributed by atoms with Crippen LogP contribution in [-0.2, 0) is 32.7 Å². The van der Waals surface area contributed by atoms with E-state index in [1.54, 1.807) is 0 Å². The Morgan fingerprint density at radius 3 is 2.36 bits per heavy atom. The van der Waals surface area contributed by atoms with Gasteiger partial charge in [0, 0.05) is 38.2 Å². The van der Waals surface area contributed by atoms with Gasteiger partial charge in [0.1, 0.15) is 0 Å². The molecule has 1 spiro atoms. The molecular weight excluding hydrogens is 211 g/mol. The van der Waals surface area contributed by atoms with Crippen LogP contribution in [0.1, 0.15) is 38.5 Å². The Balaban J connectivity index is 0.000000605. The van der Waals surface area contributed by atoms with E-state index in [2.05, 4.69) is 11.7 Å². The van der Waals surface area contributed by atoms with Crippen LogP contribution < -0.4 is 5.32 Å². The molecule has 1 aliphatic heterocycles. The van der Waals surface area contributed by atoms with E-state index < -0.39 is 0 Å². The zero-order chi connectivity index (χ0) is 6.86. The van der Waals surface area contributed by atoms with Crippen molar-refractivity contribution in [3.63, 3.8) is 0 Å². The van der Waals surface area contributed by atoms with Crippen molar-refractivity contribution in [3.05, 3.63) is 6.42 Å². The molecule has 61 valence electrons. The van der Waals surface area contributed by atoms with Gasteiger partial charge < -0.3 is 11.7 Å². The average Bonchev–Trinajstić information content (AvgIpc) is 2.39. The van der Waals surface area contributed by atoms with Gasteiger partial charge in [-0.05, 0) is 19.4 Å². The van der Waals surface area contributed by atoms with Gasteiger partial charge in [0.15, 0.2) is 0 Å². The summed E-state index contributed by atoms with van der Waals surface area (Å²) in [6.07, 6.45) is 10.7. The minimum atomic E-state index is 0. The van der Waals surface area contributed by atoms with Crippen molar-refractivity contribution in [2.24, 2.45) is 0 Å². The van der Waals surface area contributed by atoms with Crippen molar-refractivity contribution >= 4 is 0 Å². The fourth-order valence-corrected chi connectivity index (χ4v) is 2.32. The zero-order valence-electron chi connectivity index (χ0n) is 7.10. The van der Waals surface area contributed by atoms with E-state index in [4.69, 9.17) is 0 Å². The molecule has 1 radical (unpaired) electrons. The van der Waals surface area contributed by atoms with E-state index in [0.29, 0.717) is 5.54 Å². The number of rotatable bonds is 0. The van der Waals surface area contributed by atoms with Crippen molar-refractivity contribution in [1.29, 1.82) is 0 Å². The Morgan fingerprint density at radius 2 is 1.82 bits per heavy atom. The van der Waals surface area contributed by atoms with Crippen LogP contribution in [0.2, 0.25) is 0 Å². The van der Waals surface area contributed by atoms with Crippen molar-refractivity contribution in [2.45, 2.75) is 44.1 Å². The summed E-state index contributed by atoms with van der Waals surface area (Å²) < 4.78 is 0. The van der Waals surface area contributed by atoms with Crippen LogP contribution in [0.25, 0.3) is 0 Å². The Morgan fingerprint density at radius 1 is 1.09 bits per heavy atom. The van der Waals surface area contributed by atoms with Gasteiger partial charge in [-0.1, -0.05) is 12.8 Å². The normalized spacial score (nSPS) is 28.4. The smallest absolute Gasteiger partial charge is 0.0133 e. The van der Waals surface area contributed by atoms with Gasteiger partial charge in [0.05, 0.1) is 0 Å². The number of nitrogens with one attached hydrogen (secondary N) is 1. The first kappa shape index (κ1) is 10.1. The predicted octanol–water partition coefficient (Wildman–Crippen LogP) is 1.88. The second-order valence-electron chi connectivity index (χ2n) is 3.68. The molecule has 1 aliphatic carbocycles. The van der Waals surface area contributed by atoms with Gasteiger partial charge in [-0.2, -0.15) is 12.8 Å². The van der Waals surface area contributed by atoms with Crippen LogP contribution in [-0.4, -0.2) is 12.1 Å². The van der Waals surface area contributed by atoms with E-state index in [-0.39, 0.29) is 32.7 Å². The Bertz CT molecular complexity index is 111. The Hall–Kier alpha value is 1.06. The van der Waals surface area contributed by atoms with Gasteiger partial charge >= 0.3 is 0 Å². The molecule has 1 saturated heterocycles. The topological polar surface area (TPSA) is 12.0 Å². The van der Waals surface area contributed by atoms with Crippen molar-refractivity contribution in [1.82, 2.24) is 5.32 Å². The van der Waals surface area contributed by atoms with E-state index >= 15 is 0 Å². The summed E-state index contributed by atoms with van der Waals surface area (Å²) in [6.45, 7) is 1.26. The fourth-order valence-electron chi connectivity index (χ4n) is 2.32. The summed E-state index contributed by atoms with van der Waals surface area (Å²) in [7, 11) is 0. The van der Waals surface area contributed by atoms with Gasteiger partial charge in [-0.15, -0.1) is 0 Å². The Labute approximate surface area is 94.6 Å². The predicted molar refractivity (Wildman–Crippen MR) is 42.7 cm³/mol. The van der Waals surface area contributed by atoms with Crippen molar-refractivity contribution in [2.75, 3.05) is 6.54 Å². The SMILES string of the molecule is [CH-]1CCC2(CC1)CCCN2.[Y]. The molecule has 2 rings (SSSR count). The monoisotopic (exact) mass is 227 g/mol. The molecule has 1 heterocycles. The van der Waals surface area contributed by atoms with Crippen LogP contribution >= 0.6 is 0 Å². The zero-order valence-corrected chi connectivity index (χ0v) is 9.94. The molecule has 11 heavy (non-hydrogen) atoms. The summed E-state index contributed by atoms with van der Waals surface area (Å²) in [4.78, 5) is 0. The average molecular weight is 227 g/mol. The first-order valence-corrected chi connectivity index (χ1v) is 4.48. The maximum atomic E-state index is 3.65. The summed E-state index contributed by atoms with van der Waals surface area (Å²) in [5.41, 5.74) is 0.592. The first-order valence-electron chi connectivity index (χ1n) is 4.48. The third-order valence-corrected chi connectivity index (χ3v) is 2.99. The Kier molecular flexibility index (Phi) is 4.01. The molecule has 0 amide bonds. The third-order valence-electron chi connectivity index (χ3n) is 2.99. The standard InChI is InChI=1S/C9H16N.Y/c1-2-5-9(6-3-1)7-4-8-10-9;/h1,10H,2-8H2;/q-1;. The van der Waals surface area contributed by atoms with Crippen molar-refractivity contribution in [3.8, 4) is 0 Å². The minimum Gasteiger partial charge on any atom is -0.328 e. The number of hydrogen-bond donors (Lipinski definition) is 1. The minimum absolute atomic E-state index is 0. The molecule has 0 aromatic rings. The molecule has 2 heteroatoms. The van der Waals surface area contributed by atoms with Gasteiger partial charge in [0.25, 0.3) is 0 Å². The van der Waals surface area contributed by atoms with Crippen LogP contribution in [0, 0.1) is 6.42 Å². The van der Waals surface area contributed by atoms with Gasteiger partial charge in [-0.25, -0.2) is 0 Å². The largest absolute Gasteiger partial charge is 0.328 e. The van der Waals surface area contributed by atoms with E-state index in [0.717, 1.165) is 0 Å². The van der Waals surface area contributed by atoms with E-state index in [1.165, 1.54) is 45.1 Å². The summed E-state index contributed by atoms with van der Waals surface area (Å²) in [5, 5.41) is 3.65. The second-order valence-corrected chi connectivity index (χ2v) is 3.68. The van der Waals surface area contributed by atoms with Crippen LogP contribution in [0.3, 0.4) is 0 Å². The fraction of sp³-hybridized carbons (Fsp3) is 0.889. The third kappa shape index (κ3) is 2.26. The quantitative estimate of drug-likeness (QED) is 0.623. The summed E-state index contributed by atoms with van der Waals surface area (Å²) in [5.74, 6) is 0. The first-order chi connectivity index (χ1) is 4.91. The van der Waals surface area contributed by atoms with E-state index in [1.807, 2.05) is 0 Å². The molecule has 0 aromatic heterocycles. The van der Waals surface area contributed by atoms with Gasteiger partial charge in [-0.3, -0.25) is 0 Å². The van der Waals surface area contributed by atoms with Crippen LogP contribution in [0.4, 0.5) is 0 Å². The molecule has 1 nitrogen and oxygen atoms in total. The molecule has 1 N–H and O–H groups in total.